The molecule has 0 bridgehead atoms. The lowest BCUT2D eigenvalue weighted by molar-refractivity contribution is -0.140. The minimum atomic E-state index is -4.72. The molecule has 1 aromatic rings. The first-order valence-electron chi connectivity index (χ1n) is 7.61. The van der Waals surface area contributed by atoms with E-state index in [1.807, 2.05) is 4.90 Å². The van der Waals surface area contributed by atoms with Crippen LogP contribution >= 0.6 is 0 Å². The minimum Gasteiger partial charge on any atom is -0.396 e. The van der Waals surface area contributed by atoms with Crippen molar-refractivity contribution >= 4 is 0 Å². The fraction of sp³-hybridized carbons (Fsp3) is 0.625. The molecule has 2 atom stereocenters. The number of rotatable bonds is 3. The Morgan fingerprint density at radius 3 is 2.78 bits per heavy atom. The summed E-state index contributed by atoms with van der Waals surface area (Å²) >= 11 is 0. The third-order valence-corrected chi connectivity index (χ3v) is 4.98. The Hall–Kier alpha value is -1.18. The summed E-state index contributed by atoms with van der Waals surface area (Å²) in [4.78, 5) is 1.86. The molecule has 2 aliphatic rings. The lowest BCUT2D eigenvalue weighted by Gasteiger charge is -2.36. The molecule has 0 saturated carbocycles. The summed E-state index contributed by atoms with van der Waals surface area (Å²) in [6.07, 6.45) is -3.93. The smallest absolute Gasteiger partial charge is 0.396 e. The number of likely N-dealkylation sites (tertiary alicyclic amines) is 1. The molecule has 1 N–H and O–H groups in total. The predicted molar refractivity (Wildman–Crippen MR) is 75.1 cm³/mol. The quantitative estimate of drug-likeness (QED) is 0.864. The van der Waals surface area contributed by atoms with Crippen LogP contribution in [0.25, 0.3) is 0 Å². The molecular formula is C16H19F4NO2. The summed E-state index contributed by atoms with van der Waals surface area (Å²) in [6.45, 7) is 2.04. The van der Waals surface area contributed by atoms with E-state index in [-0.39, 0.29) is 24.6 Å². The van der Waals surface area contributed by atoms with Gasteiger partial charge in [0.15, 0.2) is 0 Å². The highest BCUT2D eigenvalue weighted by atomic mass is 19.4. The van der Waals surface area contributed by atoms with E-state index in [2.05, 4.69) is 0 Å². The van der Waals surface area contributed by atoms with Gasteiger partial charge in [-0.05, 0) is 24.0 Å². The highest BCUT2D eigenvalue weighted by Gasteiger charge is 2.48. The molecule has 2 aliphatic heterocycles. The molecular weight excluding hydrogens is 314 g/mol. The summed E-state index contributed by atoms with van der Waals surface area (Å²) in [7, 11) is 0. The van der Waals surface area contributed by atoms with Crippen LogP contribution in [0.2, 0.25) is 0 Å². The molecule has 2 fully saturated rings. The van der Waals surface area contributed by atoms with Gasteiger partial charge in [0.1, 0.15) is 5.82 Å². The van der Waals surface area contributed by atoms with Crippen LogP contribution < -0.4 is 0 Å². The standard InChI is InChI=1S/C16H19F4NO2/c17-13-3-1-2-11(14(13)16(18,19)20)6-21-7-12-4-5-23-10-15(12,8-21)9-22/h1-3,12,22H,4-10H2/t12-,15+/m0/s1. The number of aliphatic hydroxyl groups is 1. The van der Waals surface area contributed by atoms with Crippen molar-refractivity contribution in [2.45, 2.75) is 19.1 Å². The van der Waals surface area contributed by atoms with Gasteiger partial charge in [0.25, 0.3) is 0 Å². The summed E-state index contributed by atoms with van der Waals surface area (Å²) < 4.78 is 58.4. The van der Waals surface area contributed by atoms with Gasteiger partial charge in [0.05, 0.1) is 18.8 Å². The highest BCUT2D eigenvalue weighted by Crippen LogP contribution is 2.42. The molecule has 0 aliphatic carbocycles. The minimum absolute atomic E-state index is 0.0187. The Balaban J connectivity index is 1.83. The molecule has 2 saturated heterocycles. The first kappa shape index (κ1) is 16.7. The highest BCUT2D eigenvalue weighted by molar-refractivity contribution is 5.31. The van der Waals surface area contributed by atoms with E-state index in [0.717, 1.165) is 12.5 Å². The van der Waals surface area contributed by atoms with Gasteiger partial charge in [0, 0.05) is 31.7 Å². The Labute approximate surface area is 131 Å². The van der Waals surface area contributed by atoms with Gasteiger partial charge in [-0.25, -0.2) is 4.39 Å². The average molecular weight is 333 g/mol. The third-order valence-electron chi connectivity index (χ3n) is 4.98. The number of ether oxygens (including phenoxy) is 1. The first-order chi connectivity index (χ1) is 10.9. The zero-order valence-electron chi connectivity index (χ0n) is 12.6. The van der Waals surface area contributed by atoms with Gasteiger partial charge in [-0.15, -0.1) is 0 Å². The molecule has 3 rings (SSSR count). The number of aliphatic hydroxyl groups excluding tert-OH is 1. The maximum atomic E-state index is 13.7. The van der Waals surface area contributed by atoms with Crippen molar-refractivity contribution in [3.8, 4) is 0 Å². The summed E-state index contributed by atoms with van der Waals surface area (Å²) in [5, 5.41) is 9.72. The summed E-state index contributed by atoms with van der Waals surface area (Å²) in [6, 6.07) is 3.45. The molecule has 128 valence electrons. The first-order valence-corrected chi connectivity index (χ1v) is 7.61. The van der Waals surface area contributed by atoms with E-state index in [4.69, 9.17) is 4.74 Å². The summed E-state index contributed by atoms with van der Waals surface area (Å²) in [5.74, 6) is -1.05. The number of nitrogens with zero attached hydrogens (tertiary/aromatic N) is 1. The molecule has 7 heteroatoms. The lowest BCUT2D eigenvalue weighted by atomic mass is 9.76. The molecule has 0 unspecified atom stereocenters. The van der Waals surface area contributed by atoms with E-state index in [1.165, 1.54) is 12.1 Å². The van der Waals surface area contributed by atoms with E-state index in [9.17, 15) is 22.7 Å². The fourth-order valence-electron chi connectivity index (χ4n) is 3.81. The number of hydrogen-bond donors (Lipinski definition) is 1. The lowest BCUT2D eigenvalue weighted by Crippen LogP contribution is -2.42. The second-order valence-corrected chi connectivity index (χ2v) is 6.50. The second kappa shape index (κ2) is 6.03. The van der Waals surface area contributed by atoms with Crippen molar-refractivity contribution < 1.29 is 27.4 Å². The zero-order chi connectivity index (χ0) is 16.7. The average Bonchev–Trinajstić information content (AvgIpc) is 2.84. The second-order valence-electron chi connectivity index (χ2n) is 6.50. The molecule has 0 aromatic heterocycles. The molecule has 0 amide bonds. The normalized spacial score (nSPS) is 28.8. The molecule has 23 heavy (non-hydrogen) atoms. The number of benzene rings is 1. The van der Waals surface area contributed by atoms with E-state index in [0.29, 0.717) is 26.3 Å². The molecule has 0 radical (unpaired) electrons. The van der Waals surface area contributed by atoms with Crippen LogP contribution in [0, 0.1) is 17.2 Å². The van der Waals surface area contributed by atoms with Gasteiger partial charge < -0.3 is 9.84 Å². The van der Waals surface area contributed by atoms with Crippen LogP contribution in [0.15, 0.2) is 18.2 Å². The van der Waals surface area contributed by atoms with Crippen molar-refractivity contribution in [2.24, 2.45) is 11.3 Å². The third kappa shape index (κ3) is 3.09. The van der Waals surface area contributed by atoms with Crippen molar-refractivity contribution in [3.05, 3.63) is 35.1 Å². The maximum Gasteiger partial charge on any atom is 0.419 e. The maximum absolute atomic E-state index is 13.7. The molecule has 0 spiro atoms. The van der Waals surface area contributed by atoms with E-state index >= 15 is 0 Å². The van der Waals surface area contributed by atoms with Crippen molar-refractivity contribution in [3.63, 3.8) is 0 Å². The van der Waals surface area contributed by atoms with Gasteiger partial charge in [-0.1, -0.05) is 12.1 Å². The Kier molecular flexibility index (Phi) is 4.37. The molecule has 1 aromatic carbocycles. The van der Waals surface area contributed by atoms with Crippen LogP contribution in [0.4, 0.5) is 17.6 Å². The van der Waals surface area contributed by atoms with Gasteiger partial charge in [-0.2, -0.15) is 13.2 Å². The monoisotopic (exact) mass is 333 g/mol. The number of alkyl halides is 3. The van der Waals surface area contributed by atoms with E-state index < -0.39 is 23.0 Å². The van der Waals surface area contributed by atoms with Gasteiger partial charge in [0.2, 0.25) is 0 Å². The predicted octanol–water partition coefficient (Wildman–Crippen LogP) is 2.68. The Morgan fingerprint density at radius 2 is 2.13 bits per heavy atom. The molecule has 3 nitrogen and oxygen atoms in total. The van der Waals surface area contributed by atoms with Crippen LogP contribution in [-0.2, 0) is 17.5 Å². The van der Waals surface area contributed by atoms with Gasteiger partial charge in [-0.3, -0.25) is 4.90 Å². The molecule has 2 heterocycles. The van der Waals surface area contributed by atoms with E-state index in [1.54, 1.807) is 0 Å². The number of fused-ring (bicyclic) bond motifs is 1. The topological polar surface area (TPSA) is 32.7 Å². The Bertz CT molecular complexity index is 578. The fourth-order valence-corrected chi connectivity index (χ4v) is 3.81. The largest absolute Gasteiger partial charge is 0.419 e. The van der Waals surface area contributed by atoms with Crippen molar-refractivity contribution in [2.75, 3.05) is 32.9 Å². The van der Waals surface area contributed by atoms with Crippen molar-refractivity contribution in [1.29, 1.82) is 0 Å². The van der Waals surface area contributed by atoms with Crippen molar-refractivity contribution in [1.82, 2.24) is 4.90 Å². The van der Waals surface area contributed by atoms with Crippen LogP contribution in [0.3, 0.4) is 0 Å². The number of hydrogen-bond acceptors (Lipinski definition) is 3. The van der Waals surface area contributed by atoms with Crippen LogP contribution in [0.1, 0.15) is 17.5 Å². The SMILES string of the molecule is OC[C@]12COCC[C@H]1CN(Cc1cccc(F)c1C(F)(F)F)C2. The summed E-state index contributed by atoms with van der Waals surface area (Å²) in [5.41, 5.74) is -1.67. The van der Waals surface area contributed by atoms with Crippen LogP contribution in [-0.4, -0.2) is 42.9 Å². The van der Waals surface area contributed by atoms with Crippen LogP contribution in [0.5, 0.6) is 0 Å². The van der Waals surface area contributed by atoms with Gasteiger partial charge >= 0.3 is 6.18 Å². The Morgan fingerprint density at radius 1 is 1.35 bits per heavy atom. The number of halogens is 4. The zero-order valence-corrected chi connectivity index (χ0v) is 12.6.